The molecule has 8 heteroatoms. The Balaban J connectivity index is 1.40. The van der Waals surface area contributed by atoms with Crippen LogP contribution >= 0.6 is 0 Å². The summed E-state index contributed by atoms with van der Waals surface area (Å²) in [7, 11) is 0. The van der Waals surface area contributed by atoms with Crippen LogP contribution in [0.2, 0.25) is 0 Å². The van der Waals surface area contributed by atoms with Crippen LogP contribution in [0, 0.1) is 0 Å². The van der Waals surface area contributed by atoms with E-state index in [1.165, 1.54) is 13.0 Å². The SMILES string of the molecule is CC(=O)N[C@H]1[C@@H](OCc2ccccc2)O[C@@H]2CO[C@H](c3ccccc3)O[C@@H]2[C@@H]1OC(=O)/C=C/c1ccccc1. The molecule has 5 rings (SSSR count). The molecule has 2 saturated heterocycles. The van der Waals surface area contributed by atoms with Gasteiger partial charge in [-0.05, 0) is 17.2 Å². The minimum atomic E-state index is -0.910. The third-order valence-corrected chi connectivity index (χ3v) is 6.50. The highest BCUT2D eigenvalue weighted by atomic mass is 16.8. The van der Waals surface area contributed by atoms with Crippen molar-refractivity contribution in [1.82, 2.24) is 5.32 Å². The Labute approximate surface area is 227 Å². The van der Waals surface area contributed by atoms with Crippen LogP contribution in [-0.4, -0.2) is 49.1 Å². The summed E-state index contributed by atoms with van der Waals surface area (Å²) in [6.07, 6.45) is -0.773. The van der Waals surface area contributed by atoms with E-state index in [0.29, 0.717) is 0 Å². The molecule has 3 aromatic rings. The van der Waals surface area contributed by atoms with E-state index >= 15 is 0 Å². The average molecular weight is 530 g/mol. The lowest BCUT2D eigenvalue weighted by molar-refractivity contribution is -0.346. The summed E-state index contributed by atoms with van der Waals surface area (Å²) >= 11 is 0. The summed E-state index contributed by atoms with van der Waals surface area (Å²) in [5, 5.41) is 2.87. The van der Waals surface area contributed by atoms with Gasteiger partial charge in [-0.3, -0.25) is 4.79 Å². The molecule has 0 aliphatic carbocycles. The molecule has 2 fully saturated rings. The highest BCUT2D eigenvalue weighted by Gasteiger charge is 2.52. The number of fused-ring (bicyclic) bond motifs is 1. The monoisotopic (exact) mass is 529 g/mol. The maximum atomic E-state index is 13.0. The van der Waals surface area contributed by atoms with E-state index in [1.807, 2.05) is 91.0 Å². The van der Waals surface area contributed by atoms with E-state index in [2.05, 4.69) is 5.32 Å². The first-order valence-electron chi connectivity index (χ1n) is 12.9. The lowest BCUT2D eigenvalue weighted by Gasteiger charge is -2.48. The molecule has 2 aliphatic heterocycles. The topological polar surface area (TPSA) is 92.3 Å². The molecule has 0 spiro atoms. The van der Waals surface area contributed by atoms with Gasteiger partial charge >= 0.3 is 5.97 Å². The molecule has 0 radical (unpaired) electrons. The Morgan fingerprint density at radius 2 is 1.59 bits per heavy atom. The fraction of sp³-hybridized carbons (Fsp3) is 0.290. The Kier molecular flexibility index (Phi) is 8.80. The smallest absolute Gasteiger partial charge is 0.331 e. The van der Waals surface area contributed by atoms with Gasteiger partial charge in [-0.15, -0.1) is 0 Å². The Morgan fingerprint density at radius 3 is 2.28 bits per heavy atom. The first-order valence-corrected chi connectivity index (χ1v) is 12.9. The largest absolute Gasteiger partial charge is 0.454 e. The Hall–Kier alpha value is -3.82. The predicted molar refractivity (Wildman–Crippen MR) is 143 cm³/mol. The number of benzene rings is 3. The fourth-order valence-corrected chi connectivity index (χ4v) is 4.68. The number of carbonyl (C=O) groups is 2. The number of rotatable bonds is 8. The summed E-state index contributed by atoms with van der Waals surface area (Å²) in [6, 6.07) is 27.7. The first kappa shape index (κ1) is 26.8. The van der Waals surface area contributed by atoms with Gasteiger partial charge in [0.15, 0.2) is 18.7 Å². The molecule has 0 saturated carbocycles. The number of esters is 1. The van der Waals surface area contributed by atoms with Crippen molar-refractivity contribution in [3.05, 3.63) is 114 Å². The number of hydrogen-bond acceptors (Lipinski definition) is 7. The second-order valence-corrected chi connectivity index (χ2v) is 9.39. The van der Waals surface area contributed by atoms with Crippen LogP contribution in [-0.2, 0) is 39.9 Å². The summed E-state index contributed by atoms with van der Waals surface area (Å²) in [5.41, 5.74) is 2.61. The highest BCUT2D eigenvalue weighted by molar-refractivity contribution is 5.87. The quantitative estimate of drug-likeness (QED) is 0.346. The molecule has 202 valence electrons. The highest BCUT2D eigenvalue weighted by Crippen LogP contribution is 2.36. The molecular formula is C31H31NO7. The van der Waals surface area contributed by atoms with E-state index in [0.717, 1.165) is 16.7 Å². The number of ether oxygens (including phenoxy) is 5. The van der Waals surface area contributed by atoms with Gasteiger partial charge in [0.2, 0.25) is 5.91 Å². The van der Waals surface area contributed by atoms with Gasteiger partial charge in [0, 0.05) is 18.6 Å². The summed E-state index contributed by atoms with van der Waals surface area (Å²) in [6.45, 7) is 1.82. The van der Waals surface area contributed by atoms with Gasteiger partial charge in [0.25, 0.3) is 0 Å². The normalized spacial score (nSPS) is 26.5. The van der Waals surface area contributed by atoms with Crippen molar-refractivity contribution < 1.29 is 33.3 Å². The van der Waals surface area contributed by atoms with Gasteiger partial charge in [-0.2, -0.15) is 0 Å². The van der Waals surface area contributed by atoms with Crippen molar-refractivity contribution in [2.24, 2.45) is 0 Å². The van der Waals surface area contributed by atoms with Crippen LogP contribution in [0.1, 0.15) is 29.9 Å². The molecular weight excluding hydrogens is 498 g/mol. The zero-order chi connectivity index (χ0) is 27.0. The molecule has 6 atom stereocenters. The molecule has 0 aromatic heterocycles. The van der Waals surface area contributed by atoms with Crippen molar-refractivity contribution in [3.8, 4) is 0 Å². The number of carbonyl (C=O) groups excluding carboxylic acids is 2. The van der Waals surface area contributed by atoms with Crippen molar-refractivity contribution in [2.75, 3.05) is 6.61 Å². The van der Waals surface area contributed by atoms with E-state index in [9.17, 15) is 9.59 Å². The van der Waals surface area contributed by atoms with Crippen molar-refractivity contribution in [2.45, 2.75) is 50.5 Å². The molecule has 1 N–H and O–H groups in total. The minimum absolute atomic E-state index is 0.191. The Bertz CT molecular complexity index is 1250. The van der Waals surface area contributed by atoms with E-state index in [1.54, 1.807) is 6.08 Å². The summed E-state index contributed by atoms with van der Waals surface area (Å²) in [5.74, 6) is -0.893. The predicted octanol–water partition coefficient (Wildman–Crippen LogP) is 4.17. The van der Waals surface area contributed by atoms with Crippen LogP contribution in [0.25, 0.3) is 6.08 Å². The summed E-state index contributed by atoms with van der Waals surface area (Å²) < 4.78 is 30.7. The zero-order valence-electron chi connectivity index (χ0n) is 21.6. The zero-order valence-corrected chi connectivity index (χ0v) is 21.6. The molecule has 39 heavy (non-hydrogen) atoms. The van der Waals surface area contributed by atoms with E-state index < -0.39 is 42.9 Å². The maximum Gasteiger partial charge on any atom is 0.331 e. The van der Waals surface area contributed by atoms with Crippen LogP contribution < -0.4 is 5.32 Å². The van der Waals surface area contributed by atoms with Crippen LogP contribution in [0.15, 0.2) is 97.1 Å². The van der Waals surface area contributed by atoms with Crippen LogP contribution in [0.4, 0.5) is 0 Å². The van der Waals surface area contributed by atoms with Crippen molar-refractivity contribution in [3.63, 3.8) is 0 Å². The Morgan fingerprint density at radius 1 is 0.923 bits per heavy atom. The first-order chi connectivity index (χ1) is 19.1. The number of nitrogens with one attached hydrogen (secondary N) is 1. The molecule has 0 bridgehead atoms. The van der Waals surface area contributed by atoms with Gasteiger partial charge in [-0.25, -0.2) is 4.79 Å². The lowest BCUT2D eigenvalue weighted by atomic mass is 9.95. The van der Waals surface area contributed by atoms with E-state index in [4.69, 9.17) is 23.7 Å². The fourth-order valence-electron chi connectivity index (χ4n) is 4.68. The lowest BCUT2D eigenvalue weighted by Crippen LogP contribution is -2.67. The van der Waals surface area contributed by atoms with Gasteiger partial charge in [0.1, 0.15) is 18.2 Å². The third kappa shape index (κ3) is 6.99. The third-order valence-electron chi connectivity index (χ3n) is 6.50. The molecule has 1 amide bonds. The standard InChI is InChI=1S/C31H31NO7/c1-21(33)32-27-29(38-26(34)18-17-22-11-5-2-6-12-22)28-25(20-36-30(39-28)24-15-9-4-10-16-24)37-31(27)35-19-23-13-7-3-8-14-23/h2-18,25,27-31H,19-20H2,1H3,(H,32,33)/b18-17+/t25-,27-,28+,29-,30+,31+/m1/s1. The van der Waals surface area contributed by atoms with E-state index in [-0.39, 0.29) is 19.1 Å². The minimum Gasteiger partial charge on any atom is -0.454 e. The molecule has 2 heterocycles. The number of hydrogen-bond donors (Lipinski definition) is 1. The second-order valence-electron chi connectivity index (χ2n) is 9.39. The van der Waals surface area contributed by atoms with Crippen LogP contribution in [0.3, 0.4) is 0 Å². The van der Waals surface area contributed by atoms with Crippen molar-refractivity contribution >= 4 is 18.0 Å². The average Bonchev–Trinajstić information content (AvgIpc) is 2.97. The number of amides is 1. The van der Waals surface area contributed by atoms with Gasteiger partial charge < -0.3 is 29.0 Å². The summed E-state index contributed by atoms with van der Waals surface area (Å²) in [4.78, 5) is 25.3. The molecule has 2 aliphatic rings. The van der Waals surface area contributed by atoms with Gasteiger partial charge in [-0.1, -0.05) is 91.0 Å². The second kappa shape index (κ2) is 12.8. The van der Waals surface area contributed by atoms with Crippen LogP contribution in [0.5, 0.6) is 0 Å². The maximum absolute atomic E-state index is 13.0. The molecule has 8 nitrogen and oxygen atoms in total. The molecule has 0 unspecified atom stereocenters. The van der Waals surface area contributed by atoms with Crippen molar-refractivity contribution in [1.29, 1.82) is 0 Å². The van der Waals surface area contributed by atoms with Gasteiger partial charge in [0.05, 0.1) is 13.2 Å². The molecule has 3 aromatic carbocycles.